The number of methoxy groups -OCH3 is 1. The lowest BCUT2D eigenvalue weighted by molar-refractivity contribution is -0.140. The van der Waals surface area contributed by atoms with E-state index in [9.17, 15) is 19.8 Å². The Hall–Kier alpha value is -3.42. The van der Waals surface area contributed by atoms with Gasteiger partial charge in [0.05, 0.1) is 42.1 Å². The number of amides is 1. The highest BCUT2D eigenvalue weighted by Gasteiger charge is 2.46. The molecule has 0 saturated carbocycles. The summed E-state index contributed by atoms with van der Waals surface area (Å²) in [5.74, 6) is -1.60. The number of carbonyl (C=O) groups is 2. The quantitative estimate of drug-likeness (QED) is 0.309. The summed E-state index contributed by atoms with van der Waals surface area (Å²) in [6, 6.07) is 11.2. The summed E-state index contributed by atoms with van der Waals surface area (Å²) in [5, 5.41) is 21.2. The van der Waals surface area contributed by atoms with Gasteiger partial charge in [0, 0.05) is 5.02 Å². The molecule has 0 bridgehead atoms. The topological polar surface area (TPSA) is 100 Å². The Kier molecular flexibility index (Phi) is 5.86. The van der Waals surface area contributed by atoms with Crippen LogP contribution in [0, 0.1) is 0 Å². The maximum Gasteiger partial charge on any atom is 0.296 e. The van der Waals surface area contributed by atoms with E-state index in [1.807, 2.05) is 0 Å². The minimum absolute atomic E-state index is 0.00661. The number of benzene rings is 2. The van der Waals surface area contributed by atoms with E-state index in [0.717, 1.165) is 0 Å². The van der Waals surface area contributed by atoms with Gasteiger partial charge in [-0.1, -0.05) is 35.3 Å². The number of aromatic hydroxyl groups is 1. The molecule has 1 atom stereocenters. The predicted molar refractivity (Wildman–Crippen MR) is 118 cm³/mol. The van der Waals surface area contributed by atoms with Crippen LogP contribution >= 0.6 is 23.2 Å². The summed E-state index contributed by atoms with van der Waals surface area (Å²) in [7, 11) is 1.36. The van der Waals surface area contributed by atoms with Crippen molar-refractivity contribution in [3.8, 4) is 11.5 Å². The number of aliphatic hydroxyl groups is 1. The van der Waals surface area contributed by atoms with E-state index in [1.165, 1.54) is 42.5 Å². The Balaban J connectivity index is 1.93. The van der Waals surface area contributed by atoms with Crippen molar-refractivity contribution in [1.82, 2.24) is 4.90 Å². The van der Waals surface area contributed by atoms with Crippen molar-refractivity contribution in [1.29, 1.82) is 0 Å². The third-order valence-corrected chi connectivity index (χ3v) is 5.62. The number of hydrogen-bond acceptors (Lipinski definition) is 6. The van der Waals surface area contributed by atoms with Crippen LogP contribution in [0.1, 0.15) is 22.9 Å². The molecule has 1 unspecified atom stereocenters. The second-order valence-electron chi connectivity index (χ2n) is 7.07. The Morgan fingerprint density at radius 2 is 1.88 bits per heavy atom. The lowest BCUT2D eigenvalue weighted by atomic mass is 9.95. The zero-order valence-corrected chi connectivity index (χ0v) is 18.2. The fourth-order valence-electron chi connectivity index (χ4n) is 3.71. The molecular formula is C23H17Cl2NO6. The van der Waals surface area contributed by atoms with Gasteiger partial charge in [0.25, 0.3) is 11.7 Å². The van der Waals surface area contributed by atoms with Gasteiger partial charge in [-0.25, -0.2) is 0 Å². The number of nitrogens with zero attached hydrogens (tertiary/aromatic N) is 1. The first-order chi connectivity index (χ1) is 15.3. The van der Waals surface area contributed by atoms with Crippen LogP contribution in [0.2, 0.25) is 10.0 Å². The zero-order chi connectivity index (χ0) is 23.0. The van der Waals surface area contributed by atoms with Crippen LogP contribution in [0.5, 0.6) is 11.5 Å². The molecule has 2 heterocycles. The number of likely N-dealkylation sites (tertiary alicyclic amines) is 1. The number of rotatable bonds is 5. The van der Waals surface area contributed by atoms with Crippen molar-refractivity contribution >= 4 is 40.7 Å². The molecule has 1 aliphatic rings. The smallest absolute Gasteiger partial charge is 0.296 e. The van der Waals surface area contributed by atoms with Gasteiger partial charge in [-0.3, -0.25) is 9.59 Å². The number of halogens is 2. The first kappa shape index (κ1) is 21.8. The third-order valence-electron chi connectivity index (χ3n) is 5.12. The first-order valence-electron chi connectivity index (χ1n) is 9.45. The van der Waals surface area contributed by atoms with E-state index in [2.05, 4.69) is 0 Å². The summed E-state index contributed by atoms with van der Waals surface area (Å²) in [4.78, 5) is 27.3. The van der Waals surface area contributed by atoms with Gasteiger partial charge in [0.1, 0.15) is 23.0 Å². The number of phenolic OH excluding ortho intramolecular Hbond substituents is 1. The molecular weight excluding hydrogens is 457 g/mol. The SMILES string of the molecule is COc1c(Cl)cc(Cl)cc1/C(O)=C1\C(=O)C(=O)N(Cc2ccco2)C1c1ccc(O)cc1. The molecule has 1 fully saturated rings. The van der Waals surface area contributed by atoms with Crippen molar-refractivity contribution in [3.05, 3.63) is 87.3 Å². The van der Waals surface area contributed by atoms with Crippen molar-refractivity contribution < 1.29 is 29.0 Å². The standard InChI is InChI=1S/C23H17Cl2NO6/c1-31-22-16(9-13(24)10-17(22)25)20(28)18-19(12-4-6-14(27)7-5-12)26(23(30)21(18)29)11-15-3-2-8-32-15/h2-10,19,27-28H,11H2,1H3/b20-18+. The van der Waals surface area contributed by atoms with E-state index in [1.54, 1.807) is 24.3 Å². The number of phenols is 1. The van der Waals surface area contributed by atoms with E-state index in [4.69, 9.17) is 32.4 Å². The number of Topliss-reactive ketones (excluding diaryl/α,β-unsaturated/α-hetero) is 1. The lowest BCUT2D eigenvalue weighted by Crippen LogP contribution is -2.29. The van der Waals surface area contributed by atoms with Gasteiger partial charge < -0.3 is 24.3 Å². The van der Waals surface area contributed by atoms with E-state index >= 15 is 0 Å². The minimum Gasteiger partial charge on any atom is -0.508 e. The summed E-state index contributed by atoms with van der Waals surface area (Å²) in [6.45, 7) is -0.00661. The highest BCUT2D eigenvalue weighted by atomic mass is 35.5. The fourth-order valence-corrected chi connectivity index (χ4v) is 4.28. The summed E-state index contributed by atoms with van der Waals surface area (Å²) >= 11 is 12.3. The summed E-state index contributed by atoms with van der Waals surface area (Å²) < 4.78 is 10.7. The number of ketones is 1. The van der Waals surface area contributed by atoms with E-state index in [-0.39, 0.29) is 39.2 Å². The molecule has 164 valence electrons. The largest absolute Gasteiger partial charge is 0.508 e. The van der Waals surface area contributed by atoms with Crippen LogP contribution in [-0.2, 0) is 16.1 Å². The highest BCUT2D eigenvalue weighted by Crippen LogP contribution is 2.44. The number of aliphatic hydroxyl groups excluding tert-OH is 1. The van der Waals surface area contributed by atoms with E-state index < -0.39 is 23.5 Å². The second kappa shape index (κ2) is 8.61. The van der Waals surface area contributed by atoms with Crippen LogP contribution in [0.25, 0.3) is 5.76 Å². The molecule has 0 spiro atoms. The first-order valence-corrected chi connectivity index (χ1v) is 10.2. The van der Waals surface area contributed by atoms with Gasteiger partial charge in [0.2, 0.25) is 0 Å². The van der Waals surface area contributed by atoms with E-state index in [0.29, 0.717) is 11.3 Å². The Morgan fingerprint density at radius 1 is 1.16 bits per heavy atom. The molecule has 1 amide bonds. The fraction of sp³-hybridized carbons (Fsp3) is 0.130. The minimum atomic E-state index is -0.955. The predicted octanol–water partition coefficient (Wildman–Crippen LogP) is 4.92. The molecule has 3 aromatic rings. The van der Waals surface area contributed by atoms with Crippen molar-refractivity contribution in [2.75, 3.05) is 7.11 Å². The molecule has 7 nitrogen and oxygen atoms in total. The lowest BCUT2D eigenvalue weighted by Gasteiger charge is -2.24. The van der Waals surface area contributed by atoms with Crippen LogP contribution < -0.4 is 4.74 Å². The van der Waals surface area contributed by atoms with Crippen LogP contribution in [-0.4, -0.2) is 33.9 Å². The van der Waals surface area contributed by atoms with Gasteiger partial charge in [0.15, 0.2) is 0 Å². The Labute approximate surface area is 193 Å². The molecule has 2 aromatic carbocycles. The monoisotopic (exact) mass is 473 g/mol. The number of hydrogen-bond donors (Lipinski definition) is 2. The highest BCUT2D eigenvalue weighted by molar-refractivity contribution is 6.46. The maximum atomic E-state index is 13.1. The average molecular weight is 474 g/mol. The van der Waals surface area contributed by atoms with Crippen LogP contribution in [0.3, 0.4) is 0 Å². The Bertz CT molecular complexity index is 1220. The molecule has 1 aromatic heterocycles. The van der Waals surface area contributed by atoms with Gasteiger partial charge in [-0.05, 0) is 42.0 Å². The molecule has 1 aliphatic heterocycles. The molecule has 2 N–H and O–H groups in total. The molecule has 0 aliphatic carbocycles. The number of carbonyl (C=O) groups excluding carboxylic acids is 2. The molecule has 1 saturated heterocycles. The van der Waals surface area contributed by atoms with Gasteiger partial charge in [-0.2, -0.15) is 0 Å². The van der Waals surface area contributed by atoms with Crippen molar-refractivity contribution in [3.63, 3.8) is 0 Å². The maximum absolute atomic E-state index is 13.1. The molecule has 4 rings (SSSR count). The molecule has 32 heavy (non-hydrogen) atoms. The van der Waals surface area contributed by atoms with Gasteiger partial charge in [-0.15, -0.1) is 0 Å². The van der Waals surface area contributed by atoms with Gasteiger partial charge >= 0.3 is 0 Å². The van der Waals surface area contributed by atoms with Crippen LogP contribution in [0.4, 0.5) is 0 Å². The molecule has 9 heteroatoms. The number of ether oxygens (including phenoxy) is 1. The number of furan rings is 1. The van der Waals surface area contributed by atoms with Crippen molar-refractivity contribution in [2.45, 2.75) is 12.6 Å². The van der Waals surface area contributed by atoms with Crippen LogP contribution in [0.15, 0.2) is 64.8 Å². The van der Waals surface area contributed by atoms with Crippen molar-refractivity contribution in [2.24, 2.45) is 0 Å². The zero-order valence-electron chi connectivity index (χ0n) is 16.7. The average Bonchev–Trinajstić information content (AvgIpc) is 3.36. The second-order valence-corrected chi connectivity index (χ2v) is 7.91. The summed E-state index contributed by atoms with van der Waals surface area (Å²) in [5.41, 5.74) is 0.413. The summed E-state index contributed by atoms with van der Waals surface area (Å²) in [6.07, 6.45) is 1.46. The third kappa shape index (κ3) is 3.81. The Morgan fingerprint density at radius 3 is 2.50 bits per heavy atom. The normalized spacial score (nSPS) is 17.7. The molecule has 0 radical (unpaired) electrons.